The molecule has 28 heavy (non-hydrogen) atoms. The molecule has 2 atom stereocenters. The molecule has 2 unspecified atom stereocenters. The van der Waals surface area contributed by atoms with Crippen molar-refractivity contribution in [1.82, 2.24) is 25.0 Å². The van der Waals surface area contributed by atoms with Crippen LogP contribution in [-0.2, 0) is 7.05 Å². The molecule has 1 N–H and O–H groups in total. The van der Waals surface area contributed by atoms with Gasteiger partial charge in [0, 0.05) is 37.2 Å². The molecule has 2 bridgehead atoms. The molecule has 0 spiro atoms. The second-order valence-electron chi connectivity index (χ2n) is 7.00. The van der Waals surface area contributed by atoms with Crippen LogP contribution in [-0.4, -0.2) is 37.5 Å². The fourth-order valence-corrected chi connectivity index (χ4v) is 3.82. The van der Waals surface area contributed by atoms with Gasteiger partial charge in [-0.2, -0.15) is 4.98 Å². The van der Waals surface area contributed by atoms with E-state index in [1.54, 1.807) is 24.7 Å². The molecule has 3 aromatic rings. The quantitative estimate of drug-likeness (QED) is 0.699. The molecule has 4 heterocycles. The van der Waals surface area contributed by atoms with E-state index in [1.807, 2.05) is 24.0 Å². The van der Waals surface area contributed by atoms with Gasteiger partial charge in [-0.3, -0.25) is 4.90 Å². The lowest BCUT2D eigenvalue weighted by molar-refractivity contribution is 0.414. The van der Waals surface area contributed by atoms with Gasteiger partial charge in [-0.1, -0.05) is 22.8 Å². The number of rotatable bonds is 5. The first-order valence-corrected chi connectivity index (χ1v) is 9.26. The van der Waals surface area contributed by atoms with E-state index in [9.17, 15) is 0 Å². The molecule has 0 radical (unpaired) electrons. The largest absolute Gasteiger partial charge is 0.424 e. The normalized spacial score (nSPS) is 20.1. The van der Waals surface area contributed by atoms with Gasteiger partial charge in [-0.05, 0) is 30.7 Å². The molecule has 144 valence electrons. The molecule has 9 nitrogen and oxygen atoms in total. The zero-order valence-corrected chi connectivity index (χ0v) is 16.3. The molecule has 1 aromatic carbocycles. The van der Waals surface area contributed by atoms with E-state index in [1.165, 1.54) is 0 Å². The Morgan fingerprint density at radius 1 is 1.25 bits per heavy atom. The van der Waals surface area contributed by atoms with Crippen molar-refractivity contribution in [3.8, 4) is 11.8 Å². The first kappa shape index (κ1) is 17.1. The van der Waals surface area contributed by atoms with Crippen molar-refractivity contribution in [3.05, 3.63) is 46.4 Å². The van der Waals surface area contributed by atoms with Crippen LogP contribution < -0.4 is 15.0 Å². The van der Waals surface area contributed by atoms with Gasteiger partial charge in [0.1, 0.15) is 5.75 Å². The third-order valence-corrected chi connectivity index (χ3v) is 5.03. The van der Waals surface area contributed by atoms with Gasteiger partial charge in [0.2, 0.25) is 11.8 Å². The van der Waals surface area contributed by atoms with Gasteiger partial charge in [0.15, 0.2) is 0 Å². The third-order valence-electron chi connectivity index (χ3n) is 4.82. The van der Waals surface area contributed by atoms with Gasteiger partial charge in [-0.25, -0.2) is 4.68 Å². The standard InChI is InChI=1S/C18H18ClN7O2/c1-9-4-12(19)7-13(5-9)28-17-21-16(24-25(17)3)20-15-11-6-14(15)26(8-11)18-23-22-10(2)27-18/h4-7,11,15H,8H2,1-3H3,(H,20,24). The van der Waals surface area contributed by atoms with Crippen LogP contribution in [0, 0.1) is 19.8 Å². The molecule has 1 saturated heterocycles. The number of aryl methyl sites for hydroxylation is 3. The summed E-state index contributed by atoms with van der Waals surface area (Å²) in [6, 6.07) is 6.52. The number of fused-ring (bicyclic) bond motifs is 1. The lowest BCUT2D eigenvalue weighted by Crippen LogP contribution is -2.34. The number of halogens is 1. The van der Waals surface area contributed by atoms with Gasteiger partial charge in [0.05, 0.1) is 6.04 Å². The van der Waals surface area contributed by atoms with Crippen molar-refractivity contribution in [2.45, 2.75) is 19.9 Å². The Morgan fingerprint density at radius 3 is 2.86 bits per heavy atom. The minimum absolute atomic E-state index is 0.107. The first-order chi connectivity index (χ1) is 13.5. The number of nitrogens with one attached hydrogen (secondary N) is 1. The molecule has 0 amide bonds. The molecule has 10 heteroatoms. The van der Waals surface area contributed by atoms with Crippen molar-refractivity contribution in [1.29, 1.82) is 0 Å². The summed E-state index contributed by atoms with van der Waals surface area (Å²) in [4.78, 5) is 6.49. The zero-order chi connectivity index (χ0) is 19.4. The average molecular weight is 400 g/mol. The van der Waals surface area contributed by atoms with Crippen LogP contribution >= 0.6 is 11.6 Å². The van der Waals surface area contributed by atoms with Gasteiger partial charge >= 0.3 is 12.0 Å². The number of nitrogens with zero attached hydrogens (tertiary/aromatic N) is 6. The summed E-state index contributed by atoms with van der Waals surface area (Å²) < 4.78 is 13.0. The second kappa shape index (κ2) is 6.23. The Hall–Kier alpha value is -3.07. The summed E-state index contributed by atoms with van der Waals surface area (Å²) in [5, 5.41) is 16.4. The van der Waals surface area contributed by atoms with Crippen LogP contribution in [0.1, 0.15) is 11.5 Å². The van der Waals surface area contributed by atoms with E-state index in [-0.39, 0.29) is 6.04 Å². The van der Waals surface area contributed by atoms with Gasteiger partial charge < -0.3 is 14.5 Å². The minimum atomic E-state index is 0.107. The average Bonchev–Trinajstić information content (AvgIpc) is 3.36. The van der Waals surface area contributed by atoms with Crippen LogP contribution in [0.3, 0.4) is 0 Å². The maximum atomic E-state index is 6.10. The Morgan fingerprint density at radius 2 is 2.11 bits per heavy atom. The fraction of sp³-hybridized carbons (Fsp3) is 0.333. The van der Waals surface area contributed by atoms with Crippen molar-refractivity contribution in [2.75, 3.05) is 16.8 Å². The number of benzene rings is 1. The summed E-state index contributed by atoms with van der Waals surface area (Å²) in [5.74, 6) is 2.01. The minimum Gasteiger partial charge on any atom is -0.424 e. The Balaban J connectivity index is 1.30. The SMILES string of the molecule is Cc1cc(Cl)cc(Oc2nc(NC3C4=CC3CN4c3nnc(C)o3)nn2C)c1. The van der Waals surface area contributed by atoms with Crippen LogP contribution in [0.2, 0.25) is 5.02 Å². The predicted octanol–water partition coefficient (Wildman–Crippen LogP) is 3.08. The van der Waals surface area contributed by atoms with Crippen molar-refractivity contribution < 1.29 is 9.15 Å². The van der Waals surface area contributed by atoms with E-state index < -0.39 is 0 Å². The highest BCUT2D eigenvalue weighted by molar-refractivity contribution is 6.30. The lowest BCUT2D eigenvalue weighted by atomic mass is 9.91. The molecule has 3 aliphatic rings. The fourth-order valence-electron chi connectivity index (χ4n) is 3.54. The molecule has 0 saturated carbocycles. The van der Waals surface area contributed by atoms with E-state index in [2.05, 4.69) is 31.7 Å². The highest BCUT2D eigenvalue weighted by Crippen LogP contribution is 2.42. The van der Waals surface area contributed by atoms with E-state index in [4.69, 9.17) is 20.8 Å². The van der Waals surface area contributed by atoms with E-state index >= 15 is 0 Å². The van der Waals surface area contributed by atoms with Gasteiger partial charge in [0.25, 0.3) is 0 Å². The predicted molar refractivity (Wildman–Crippen MR) is 103 cm³/mol. The third kappa shape index (κ3) is 2.88. The molecular formula is C18H18ClN7O2. The topological polar surface area (TPSA) is 94.1 Å². The number of hydrogen-bond donors (Lipinski definition) is 1. The summed E-state index contributed by atoms with van der Waals surface area (Å²) in [7, 11) is 1.78. The summed E-state index contributed by atoms with van der Waals surface area (Å²) in [6.45, 7) is 4.54. The maximum Gasteiger partial charge on any atom is 0.322 e. The number of ether oxygens (including phenoxy) is 1. The Bertz CT molecular complexity index is 1070. The van der Waals surface area contributed by atoms with Crippen LogP contribution in [0.5, 0.6) is 11.8 Å². The highest BCUT2D eigenvalue weighted by atomic mass is 35.5. The van der Waals surface area contributed by atoms with Gasteiger partial charge in [-0.15, -0.1) is 10.2 Å². The van der Waals surface area contributed by atoms with Crippen molar-refractivity contribution in [3.63, 3.8) is 0 Å². The summed E-state index contributed by atoms with van der Waals surface area (Å²) in [5.41, 5.74) is 2.10. The monoisotopic (exact) mass is 399 g/mol. The molecule has 2 aromatic heterocycles. The van der Waals surface area contributed by atoms with Crippen molar-refractivity contribution >= 4 is 23.6 Å². The summed E-state index contributed by atoms with van der Waals surface area (Å²) in [6.07, 6.45) is 2.19. The lowest BCUT2D eigenvalue weighted by Gasteiger charge is -2.26. The molecule has 6 rings (SSSR count). The van der Waals surface area contributed by atoms with Crippen molar-refractivity contribution in [2.24, 2.45) is 13.0 Å². The first-order valence-electron chi connectivity index (χ1n) is 8.88. The molecular weight excluding hydrogens is 382 g/mol. The smallest absolute Gasteiger partial charge is 0.322 e. The zero-order valence-electron chi connectivity index (χ0n) is 15.5. The summed E-state index contributed by atoms with van der Waals surface area (Å²) >= 11 is 6.10. The van der Waals surface area contributed by atoms with E-state index in [0.29, 0.717) is 40.6 Å². The molecule has 2 aliphatic heterocycles. The number of aromatic nitrogens is 5. The molecule has 1 aliphatic carbocycles. The molecule has 1 fully saturated rings. The Kier molecular flexibility index (Phi) is 3.80. The number of hydrogen-bond acceptors (Lipinski definition) is 8. The Labute approximate surface area is 166 Å². The number of anilines is 2. The van der Waals surface area contributed by atoms with E-state index in [0.717, 1.165) is 17.8 Å². The van der Waals surface area contributed by atoms with Crippen LogP contribution in [0.4, 0.5) is 12.0 Å². The van der Waals surface area contributed by atoms with Crippen LogP contribution in [0.15, 0.2) is 34.4 Å². The van der Waals surface area contributed by atoms with Crippen LogP contribution in [0.25, 0.3) is 0 Å². The second-order valence-corrected chi connectivity index (χ2v) is 7.44. The highest BCUT2D eigenvalue weighted by Gasteiger charge is 2.46. The maximum absolute atomic E-state index is 6.10.